The molecule has 2 nitrogen and oxygen atoms in total. The lowest BCUT2D eigenvalue weighted by atomic mass is 10.1. The number of rotatable bonds is 4. The molecule has 0 fully saturated rings. The number of nitrogens with one attached hydrogen (secondary N) is 1. The highest BCUT2D eigenvalue weighted by atomic mass is 35.5. The van der Waals surface area contributed by atoms with Gasteiger partial charge in [0.05, 0.1) is 5.02 Å². The first-order valence-electron chi connectivity index (χ1n) is 5.23. The smallest absolute Gasteiger partial charge is 0.141 e. The van der Waals surface area contributed by atoms with Gasteiger partial charge in [-0.05, 0) is 24.6 Å². The summed E-state index contributed by atoms with van der Waals surface area (Å²) in [5.41, 5.74) is 0.966. The Morgan fingerprint density at radius 3 is 3.00 bits per heavy atom. The predicted molar refractivity (Wildman–Crippen MR) is 68.8 cm³/mol. The number of thiazole rings is 1. The van der Waals surface area contributed by atoms with Crippen LogP contribution in [0.1, 0.15) is 23.5 Å². The van der Waals surface area contributed by atoms with Gasteiger partial charge in [0.1, 0.15) is 10.8 Å². The average molecular weight is 271 g/mol. The maximum atomic E-state index is 13.0. The Hall–Kier alpha value is -0.970. The lowest BCUT2D eigenvalue weighted by Crippen LogP contribution is -2.17. The zero-order chi connectivity index (χ0) is 12.3. The second-order valence-electron chi connectivity index (χ2n) is 3.70. The molecule has 0 aliphatic heterocycles. The SMILES string of the molecule is CC(NCc1nccs1)c1ccc(F)c(Cl)c1. The van der Waals surface area contributed by atoms with Crippen molar-refractivity contribution in [2.24, 2.45) is 0 Å². The van der Waals surface area contributed by atoms with Gasteiger partial charge in [0, 0.05) is 24.2 Å². The van der Waals surface area contributed by atoms with E-state index in [2.05, 4.69) is 10.3 Å². The maximum absolute atomic E-state index is 13.0. The van der Waals surface area contributed by atoms with Gasteiger partial charge < -0.3 is 5.32 Å². The van der Waals surface area contributed by atoms with Crippen molar-refractivity contribution in [3.63, 3.8) is 0 Å². The normalized spacial score (nSPS) is 12.6. The Morgan fingerprint density at radius 1 is 1.53 bits per heavy atom. The molecular weight excluding hydrogens is 259 g/mol. The summed E-state index contributed by atoms with van der Waals surface area (Å²) in [6.45, 7) is 2.71. The van der Waals surface area contributed by atoms with Crippen molar-refractivity contribution in [1.82, 2.24) is 10.3 Å². The van der Waals surface area contributed by atoms with E-state index < -0.39 is 0 Å². The summed E-state index contributed by atoms with van der Waals surface area (Å²) in [6, 6.07) is 4.88. The molecule has 5 heteroatoms. The van der Waals surface area contributed by atoms with Crippen LogP contribution in [0.4, 0.5) is 4.39 Å². The third kappa shape index (κ3) is 3.25. The van der Waals surface area contributed by atoms with Crippen molar-refractivity contribution in [2.45, 2.75) is 19.5 Å². The average Bonchev–Trinajstić information content (AvgIpc) is 2.82. The van der Waals surface area contributed by atoms with E-state index in [0.29, 0.717) is 6.54 Å². The molecule has 1 aromatic carbocycles. The minimum atomic E-state index is -0.387. The standard InChI is InChI=1S/C12H12ClFN2S/c1-8(16-7-12-15-4-5-17-12)9-2-3-11(14)10(13)6-9/h2-6,8,16H,7H2,1H3. The Balaban J connectivity index is 1.99. The molecule has 0 spiro atoms. The summed E-state index contributed by atoms with van der Waals surface area (Å²) < 4.78 is 13.0. The molecule has 90 valence electrons. The fourth-order valence-corrected chi connectivity index (χ4v) is 2.24. The van der Waals surface area contributed by atoms with E-state index >= 15 is 0 Å². The molecular formula is C12H12ClFN2S. The fraction of sp³-hybridized carbons (Fsp3) is 0.250. The van der Waals surface area contributed by atoms with Crippen molar-refractivity contribution in [1.29, 1.82) is 0 Å². The summed E-state index contributed by atoms with van der Waals surface area (Å²) in [5.74, 6) is -0.387. The van der Waals surface area contributed by atoms with Crippen molar-refractivity contribution >= 4 is 22.9 Å². The van der Waals surface area contributed by atoms with Crippen LogP contribution >= 0.6 is 22.9 Å². The number of halogens is 2. The van der Waals surface area contributed by atoms with Crippen LogP contribution in [0.15, 0.2) is 29.8 Å². The summed E-state index contributed by atoms with van der Waals surface area (Å²) in [6.07, 6.45) is 1.78. The second kappa shape index (κ2) is 5.58. The van der Waals surface area contributed by atoms with Gasteiger partial charge in [-0.2, -0.15) is 0 Å². The molecule has 1 atom stereocenters. The van der Waals surface area contributed by atoms with E-state index in [9.17, 15) is 4.39 Å². The third-order valence-electron chi connectivity index (χ3n) is 2.49. The number of hydrogen-bond acceptors (Lipinski definition) is 3. The Labute approximate surface area is 108 Å². The number of aromatic nitrogens is 1. The first kappa shape index (κ1) is 12.5. The Kier molecular flexibility index (Phi) is 4.10. The Morgan fingerprint density at radius 2 is 2.35 bits per heavy atom. The molecule has 0 bridgehead atoms. The van der Waals surface area contributed by atoms with Crippen molar-refractivity contribution < 1.29 is 4.39 Å². The minimum absolute atomic E-state index is 0.108. The van der Waals surface area contributed by atoms with Gasteiger partial charge in [-0.15, -0.1) is 11.3 Å². The fourth-order valence-electron chi connectivity index (χ4n) is 1.48. The molecule has 1 aromatic heterocycles. The van der Waals surface area contributed by atoms with Crippen molar-refractivity contribution in [3.8, 4) is 0 Å². The molecule has 0 saturated heterocycles. The zero-order valence-corrected chi connectivity index (χ0v) is 10.9. The van der Waals surface area contributed by atoms with Gasteiger partial charge >= 0.3 is 0 Å². The molecule has 0 saturated carbocycles. The van der Waals surface area contributed by atoms with Crippen LogP contribution < -0.4 is 5.32 Å². The van der Waals surface area contributed by atoms with Crippen molar-refractivity contribution in [3.05, 3.63) is 51.2 Å². The second-order valence-corrected chi connectivity index (χ2v) is 5.09. The van der Waals surface area contributed by atoms with Gasteiger partial charge in [0.25, 0.3) is 0 Å². The highest BCUT2D eigenvalue weighted by Crippen LogP contribution is 2.21. The molecule has 0 radical (unpaired) electrons. The van der Waals surface area contributed by atoms with E-state index in [1.54, 1.807) is 29.7 Å². The van der Waals surface area contributed by atoms with E-state index in [4.69, 9.17) is 11.6 Å². The molecule has 17 heavy (non-hydrogen) atoms. The van der Waals surface area contributed by atoms with Gasteiger partial charge in [0.2, 0.25) is 0 Å². The highest BCUT2D eigenvalue weighted by Gasteiger charge is 2.08. The Bertz CT molecular complexity index is 487. The summed E-state index contributed by atoms with van der Waals surface area (Å²) >= 11 is 7.35. The lowest BCUT2D eigenvalue weighted by molar-refractivity contribution is 0.570. The largest absolute Gasteiger partial charge is 0.304 e. The molecule has 1 unspecified atom stereocenters. The minimum Gasteiger partial charge on any atom is -0.304 e. The monoisotopic (exact) mass is 270 g/mol. The highest BCUT2D eigenvalue weighted by molar-refractivity contribution is 7.09. The molecule has 1 N–H and O–H groups in total. The van der Waals surface area contributed by atoms with Gasteiger partial charge in [-0.1, -0.05) is 17.7 Å². The summed E-state index contributed by atoms with van der Waals surface area (Å²) in [5, 5.41) is 6.45. The summed E-state index contributed by atoms with van der Waals surface area (Å²) in [4.78, 5) is 4.18. The number of hydrogen-bond donors (Lipinski definition) is 1. The van der Waals surface area contributed by atoms with Gasteiger partial charge in [-0.25, -0.2) is 9.37 Å². The van der Waals surface area contributed by atoms with E-state index in [1.165, 1.54) is 6.07 Å². The molecule has 2 aromatic rings. The lowest BCUT2D eigenvalue weighted by Gasteiger charge is -2.13. The third-order valence-corrected chi connectivity index (χ3v) is 3.56. The van der Waals surface area contributed by atoms with Gasteiger partial charge in [-0.3, -0.25) is 0 Å². The van der Waals surface area contributed by atoms with E-state index in [-0.39, 0.29) is 16.9 Å². The first-order chi connectivity index (χ1) is 8.16. The van der Waals surface area contributed by atoms with Crippen LogP contribution in [0.25, 0.3) is 0 Å². The zero-order valence-electron chi connectivity index (χ0n) is 9.28. The molecule has 2 rings (SSSR count). The van der Waals surface area contributed by atoms with Crippen LogP contribution in [-0.2, 0) is 6.54 Å². The van der Waals surface area contributed by atoms with Crippen LogP contribution in [0.5, 0.6) is 0 Å². The van der Waals surface area contributed by atoms with Crippen LogP contribution in [-0.4, -0.2) is 4.98 Å². The van der Waals surface area contributed by atoms with E-state index in [0.717, 1.165) is 10.6 Å². The van der Waals surface area contributed by atoms with Crippen LogP contribution in [0.2, 0.25) is 5.02 Å². The number of benzene rings is 1. The molecule has 0 aliphatic rings. The summed E-state index contributed by atoms with van der Waals surface area (Å²) in [7, 11) is 0. The predicted octanol–water partition coefficient (Wildman–Crippen LogP) is 3.79. The molecule has 0 aliphatic carbocycles. The van der Waals surface area contributed by atoms with E-state index in [1.807, 2.05) is 12.3 Å². The molecule has 0 amide bonds. The quantitative estimate of drug-likeness (QED) is 0.914. The maximum Gasteiger partial charge on any atom is 0.141 e. The topological polar surface area (TPSA) is 24.9 Å². The molecule has 1 heterocycles. The van der Waals surface area contributed by atoms with Crippen molar-refractivity contribution in [2.75, 3.05) is 0 Å². The first-order valence-corrected chi connectivity index (χ1v) is 6.49. The van der Waals surface area contributed by atoms with Crippen LogP contribution in [0, 0.1) is 5.82 Å². The number of nitrogens with zero attached hydrogens (tertiary/aromatic N) is 1. The van der Waals surface area contributed by atoms with Gasteiger partial charge in [0.15, 0.2) is 0 Å². The van der Waals surface area contributed by atoms with Crippen LogP contribution in [0.3, 0.4) is 0 Å².